The molecule has 0 aromatic heterocycles. The number of carbonyl (C=O) groups is 3. The molecule has 29 heavy (non-hydrogen) atoms. The number of benzene rings is 1. The predicted molar refractivity (Wildman–Crippen MR) is 105 cm³/mol. The van der Waals surface area contributed by atoms with Crippen molar-refractivity contribution in [2.75, 3.05) is 13.7 Å². The second-order valence-corrected chi connectivity index (χ2v) is 7.03. The smallest absolute Gasteiger partial charge is 0.315 e. The topological polar surface area (TPSA) is 90.9 Å². The maximum Gasteiger partial charge on any atom is 0.315 e. The molecule has 1 aliphatic carbocycles. The van der Waals surface area contributed by atoms with Gasteiger partial charge in [-0.1, -0.05) is 12.6 Å². The molecule has 0 radical (unpaired) electrons. The lowest BCUT2D eigenvalue weighted by Gasteiger charge is -2.38. The molecule has 1 heterocycles. The first-order chi connectivity index (χ1) is 13.9. The van der Waals surface area contributed by atoms with E-state index in [9.17, 15) is 14.4 Å². The van der Waals surface area contributed by atoms with Crippen LogP contribution in [-0.2, 0) is 19.1 Å². The van der Waals surface area contributed by atoms with Crippen LogP contribution in [0.1, 0.15) is 44.6 Å². The van der Waals surface area contributed by atoms with Crippen LogP contribution in [0.2, 0.25) is 0 Å². The largest absolute Gasteiger partial charge is 0.493 e. The third-order valence-electron chi connectivity index (χ3n) is 5.13. The Labute approximate surface area is 169 Å². The molecule has 0 spiro atoms. The Morgan fingerprint density at radius 2 is 2.00 bits per heavy atom. The Bertz CT molecular complexity index is 901. The second kappa shape index (κ2) is 8.51. The number of hydrogen-bond acceptors (Lipinski definition) is 7. The standard InChI is InChI=1S/C22H25NO6/c1-5-28-22(26)19-12(2)23-15-7-6-8-16(25)21(15)20(19)14-9-10-17(29-13(3)24)18(11-14)27-4/h9-11,19-20,23H,2,5-8H2,1,3-4H3. The molecular weight excluding hydrogens is 374 g/mol. The van der Waals surface area contributed by atoms with Crippen molar-refractivity contribution in [2.45, 2.75) is 39.0 Å². The summed E-state index contributed by atoms with van der Waals surface area (Å²) in [4.78, 5) is 37.0. The van der Waals surface area contributed by atoms with Crippen LogP contribution in [0, 0.1) is 5.92 Å². The maximum atomic E-state index is 12.8. The van der Waals surface area contributed by atoms with Crippen LogP contribution in [0.25, 0.3) is 0 Å². The van der Waals surface area contributed by atoms with E-state index < -0.39 is 23.8 Å². The Morgan fingerprint density at radius 1 is 1.24 bits per heavy atom. The molecule has 1 aliphatic heterocycles. The first-order valence-electron chi connectivity index (χ1n) is 9.62. The van der Waals surface area contributed by atoms with Crippen molar-refractivity contribution in [3.63, 3.8) is 0 Å². The molecule has 0 bridgehead atoms. The van der Waals surface area contributed by atoms with Gasteiger partial charge in [-0.3, -0.25) is 14.4 Å². The lowest BCUT2D eigenvalue weighted by molar-refractivity contribution is -0.147. The number of ketones is 1. The van der Waals surface area contributed by atoms with Crippen LogP contribution < -0.4 is 14.8 Å². The Morgan fingerprint density at radius 3 is 2.66 bits per heavy atom. The van der Waals surface area contributed by atoms with Crippen LogP contribution in [0.3, 0.4) is 0 Å². The fourth-order valence-electron chi connectivity index (χ4n) is 3.98. The SMILES string of the molecule is C=C1NC2=C(C(=O)CCC2)C(c2ccc(OC(C)=O)c(OC)c2)C1C(=O)OCC. The number of ether oxygens (including phenoxy) is 3. The van der Waals surface area contributed by atoms with Gasteiger partial charge in [-0.15, -0.1) is 0 Å². The van der Waals surface area contributed by atoms with Gasteiger partial charge in [0.25, 0.3) is 0 Å². The molecule has 2 unspecified atom stereocenters. The highest BCUT2D eigenvalue weighted by molar-refractivity contribution is 6.00. The summed E-state index contributed by atoms with van der Waals surface area (Å²) in [6.45, 7) is 7.30. The van der Waals surface area contributed by atoms with E-state index in [1.54, 1.807) is 25.1 Å². The van der Waals surface area contributed by atoms with Crippen molar-refractivity contribution < 1.29 is 28.6 Å². The van der Waals surface area contributed by atoms with Crippen molar-refractivity contribution in [3.8, 4) is 11.5 Å². The van der Waals surface area contributed by atoms with Crippen molar-refractivity contribution in [2.24, 2.45) is 5.92 Å². The zero-order valence-electron chi connectivity index (χ0n) is 16.9. The van der Waals surface area contributed by atoms with Crippen LogP contribution in [0.15, 0.2) is 41.7 Å². The molecule has 0 fully saturated rings. The van der Waals surface area contributed by atoms with E-state index in [2.05, 4.69) is 11.9 Å². The molecule has 2 aliphatic rings. The van der Waals surface area contributed by atoms with Gasteiger partial charge in [0, 0.05) is 36.2 Å². The number of rotatable bonds is 5. The van der Waals surface area contributed by atoms with E-state index in [0.29, 0.717) is 29.0 Å². The van der Waals surface area contributed by atoms with Gasteiger partial charge in [-0.2, -0.15) is 0 Å². The Hall–Kier alpha value is -3.09. The highest BCUT2D eigenvalue weighted by Crippen LogP contribution is 2.46. The zero-order valence-corrected chi connectivity index (χ0v) is 16.9. The average molecular weight is 399 g/mol. The number of methoxy groups -OCH3 is 1. The van der Waals surface area contributed by atoms with Gasteiger partial charge in [0.1, 0.15) is 5.92 Å². The second-order valence-electron chi connectivity index (χ2n) is 7.03. The molecule has 1 N–H and O–H groups in total. The quantitative estimate of drug-likeness (QED) is 0.601. The fraction of sp³-hybridized carbons (Fsp3) is 0.409. The summed E-state index contributed by atoms with van der Waals surface area (Å²) in [6, 6.07) is 5.04. The van der Waals surface area contributed by atoms with E-state index in [1.807, 2.05) is 0 Å². The van der Waals surface area contributed by atoms with E-state index >= 15 is 0 Å². The number of allylic oxidation sites excluding steroid dienone is 2. The van der Waals surface area contributed by atoms with Crippen molar-refractivity contribution in [1.29, 1.82) is 0 Å². The minimum atomic E-state index is -0.750. The Balaban J connectivity index is 2.14. The van der Waals surface area contributed by atoms with Crippen LogP contribution >= 0.6 is 0 Å². The number of Topliss-reactive ketones (excluding diaryl/α,β-unsaturated/α-hetero) is 1. The monoisotopic (exact) mass is 399 g/mol. The van der Waals surface area contributed by atoms with Gasteiger partial charge in [-0.25, -0.2) is 0 Å². The summed E-state index contributed by atoms with van der Waals surface area (Å²) in [5.41, 5.74) is 2.59. The highest BCUT2D eigenvalue weighted by Gasteiger charge is 2.44. The van der Waals surface area contributed by atoms with Gasteiger partial charge in [0.05, 0.1) is 13.7 Å². The van der Waals surface area contributed by atoms with Gasteiger partial charge in [0.2, 0.25) is 0 Å². The number of nitrogens with one attached hydrogen (secondary N) is 1. The molecule has 1 aromatic carbocycles. The molecule has 2 atom stereocenters. The van der Waals surface area contributed by atoms with Gasteiger partial charge < -0.3 is 19.5 Å². The third-order valence-corrected chi connectivity index (χ3v) is 5.13. The van der Waals surface area contributed by atoms with Crippen LogP contribution in [0.4, 0.5) is 0 Å². The van der Waals surface area contributed by atoms with E-state index in [1.165, 1.54) is 14.0 Å². The number of esters is 2. The Kier molecular flexibility index (Phi) is 6.06. The molecule has 0 saturated heterocycles. The summed E-state index contributed by atoms with van der Waals surface area (Å²) in [5, 5.41) is 3.17. The summed E-state index contributed by atoms with van der Waals surface area (Å²) in [7, 11) is 1.47. The van der Waals surface area contributed by atoms with Crippen molar-refractivity contribution >= 4 is 17.7 Å². The molecular formula is C22H25NO6. The van der Waals surface area contributed by atoms with Crippen LogP contribution in [0.5, 0.6) is 11.5 Å². The first-order valence-corrected chi connectivity index (χ1v) is 9.62. The number of carbonyl (C=O) groups excluding carboxylic acids is 3. The van der Waals surface area contributed by atoms with Crippen LogP contribution in [-0.4, -0.2) is 31.4 Å². The molecule has 154 valence electrons. The maximum absolute atomic E-state index is 12.8. The molecule has 0 saturated carbocycles. The van der Waals surface area contributed by atoms with E-state index in [0.717, 1.165) is 18.5 Å². The van der Waals surface area contributed by atoms with Gasteiger partial charge in [0.15, 0.2) is 17.3 Å². The summed E-state index contributed by atoms with van der Waals surface area (Å²) >= 11 is 0. The lowest BCUT2D eigenvalue weighted by Crippen LogP contribution is -2.41. The normalized spacial score (nSPS) is 21.2. The van der Waals surface area contributed by atoms with Gasteiger partial charge in [-0.05, 0) is 37.5 Å². The summed E-state index contributed by atoms with van der Waals surface area (Å²) < 4.78 is 15.8. The molecule has 7 heteroatoms. The molecule has 3 rings (SSSR count). The minimum Gasteiger partial charge on any atom is -0.493 e. The highest BCUT2D eigenvalue weighted by atomic mass is 16.6. The first kappa shape index (κ1) is 20.6. The van der Waals surface area contributed by atoms with Crippen molar-refractivity contribution in [1.82, 2.24) is 5.32 Å². The van der Waals surface area contributed by atoms with E-state index in [-0.39, 0.29) is 18.1 Å². The minimum absolute atomic E-state index is 0.00794. The summed E-state index contributed by atoms with van der Waals surface area (Å²) in [6.07, 6.45) is 1.90. The van der Waals surface area contributed by atoms with E-state index in [4.69, 9.17) is 14.2 Å². The number of hydrogen-bond donors (Lipinski definition) is 1. The molecule has 7 nitrogen and oxygen atoms in total. The van der Waals surface area contributed by atoms with Gasteiger partial charge >= 0.3 is 11.9 Å². The zero-order chi connectivity index (χ0) is 21.1. The fourth-order valence-corrected chi connectivity index (χ4v) is 3.98. The molecule has 0 amide bonds. The summed E-state index contributed by atoms with van der Waals surface area (Å²) in [5.74, 6) is -1.59. The predicted octanol–water partition coefficient (Wildman–Crippen LogP) is 3.01. The van der Waals surface area contributed by atoms with Crippen molar-refractivity contribution in [3.05, 3.63) is 47.3 Å². The third kappa shape index (κ3) is 4.04. The lowest BCUT2D eigenvalue weighted by atomic mass is 9.71. The average Bonchev–Trinajstić information content (AvgIpc) is 2.67. The molecule has 1 aromatic rings.